The van der Waals surface area contributed by atoms with Crippen molar-refractivity contribution in [3.8, 4) is 0 Å². The minimum absolute atomic E-state index is 0.167. The molecule has 1 aromatic rings. The van der Waals surface area contributed by atoms with Crippen LogP contribution in [0.2, 0.25) is 0 Å². The van der Waals surface area contributed by atoms with Crippen LogP contribution < -0.4 is 49.5 Å². The minimum Gasteiger partial charge on any atom is -0.481 e. The topological polar surface area (TPSA) is 396 Å². The third-order valence-electron chi connectivity index (χ3n) is 7.35. The second-order valence-electron chi connectivity index (χ2n) is 11.9. The van der Waals surface area contributed by atoms with Crippen molar-refractivity contribution in [2.75, 3.05) is 0 Å². The van der Waals surface area contributed by atoms with Crippen LogP contribution in [0.15, 0.2) is 30.3 Å². The Morgan fingerprint density at radius 1 is 0.604 bits per heavy atom. The van der Waals surface area contributed by atoms with Gasteiger partial charge >= 0.3 is 11.9 Å². The maximum atomic E-state index is 13.6. The number of hydrogen-bond acceptors (Lipinski definition) is 12. The van der Waals surface area contributed by atoms with Gasteiger partial charge in [0.2, 0.25) is 47.3 Å². The van der Waals surface area contributed by atoms with Crippen LogP contribution in [0, 0.1) is 0 Å². The smallest absolute Gasteiger partial charge is 0.328 e. The summed E-state index contributed by atoms with van der Waals surface area (Å²) in [6, 6.07) is -1.85. The van der Waals surface area contributed by atoms with Gasteiger partial charge in [-0.15, -0.1) is 0 Å². The Kier molecular flexibility index (Phi) is 18.6. The van der Waals surface area contributed by atoms with Crippen LogP contribution in [0.1, 0.15) is 51.0 Å². The first kappa shape index (κ1) is 44.9. The van der Waals surface area contributed by atoms with Gasteiger partial charge in [-0.2, -0.15) is 0 Å². The Labute approximate surface area is 302 Å². The summed E-state index contributed by atoms with van der Waals surface area (Å²) in [5.74, 6) is -11.6. The van der Waals surface area contributed by atoms with E-state index < -0.39 is 140 Å². The molecule has 0 unspecified atom stereocenters. The number of aliphatic hydroxyl groups is 1. The number of benzene rings is 1. The average molecular weight is 752 g/mol. The van der Waals surface area contributed by atoms with Crippen molar-refractivity contribution in [3.63, 3.8) is 0 Å². The first-order chi connectivity index (χ1) is 24.7. The molecule has 8 amide bonds. The highest BCUT2D eigenvalue weighted by atomic mass is 16.4. The number of nitrogens with two attached hydrogens (primary N) is 4. The van der Waals surface area contributed by atoms with Crippen molar-refractivity contribution in [3.05, 3.63) is 35.9 Å². The first-order valence-electron chi connectivity index (χ1n) is 16.0. The van der Waals surface area contributed by atoms with Crippen LogP contribution in [0.4, 0.5) is 0 Å². The van der Waals surface area contributed by atoms with Gasteiger partial charge in [-0.05, 0) is 25.3 Å². The molecule has 22 heteroatoms. The van der Waals surface area contributed by atoms with Gasteiger partial charge in [0.05, 0.1) is 25.0 Å². The number of carbonyl (C=O) groups is 10. The molecule has 0 saturated heterocycles. The van der Waals surface area contributed by atoms with Crippen molar-refractivity contribution in [2.24, 2.45) is 22.9 Å². The van der Waals surface area contributed by atoms with E-state index in [0.29, 0.717) is 5.56 Å². The fraction of sp³-hybridized carbons (Fsp3) is 0.484. The van der Waals surface area contributed by atoms with Crippen molar-refractivity contribution >= 4 is 59.2 Å². The summed E-state index contributed by atoms with van der Waals surface area (Å²) in [4.78, 5) is 124. The number of carboxylic acid groups (broad SMARTS) is 2. The van der Waals surface area contributed by atoms with Gasteiger partial charge < -0.3 is 64.8 Å². The Morgan fingerprint density at radius 3 is 1.51 bits per heavy atom. The van der Waals surface area contributed by atoms with Gasteiger partial charge in [-0.3, -0.25) is 43.2 Å². The summed E-state index contributed by atoms with van der Waals surface area (Å²) in [6.07, 6.45) is -5.53. The molecule has 22 nitrogen and oxygen atoms in total. The molecule has 53 heavy (non-hydrogen) atoms. The SMILES string of the molecule is C[C@@H](O)[C@H](NC(=O)[C@H](CC(N)=O)NC(=O)[C@H](CCC(N)=O)NC(=O)[C@H](CCC(=O)O)NC(=O)[C@H](Cc1ccccc1)NC(=O)[C@@H](N)CC(N)=O)C(=O)O. The predicted octanol–water partition coefficient (Wildman–Crippen LogP) is -5.67. The molecule has 0 aromatic heterocycles. The molecular formula is C31H45N9O13. The fourth-order valence-electron chi connectivity index (χ4n) is 4.61. The van der Waals surface area contributed by atoms with Crippen LogP contribution in [0.3, 0.4) is 0 Å². The molecular weight excluding hydrogens is 706 g/mol. The molecule has 1 aromatic carbocycles. The Balaban J connectivity index is 3.40. The second kappa shape index (κ2) is 21.9. The predicted molar refractivity (Wildman–Crippen MR) is 180 cm³/mol. The molecule has 1 rings (SSSR count). The number of hydrogen-bond donors (Lipinski definition) is 12. The van der Waals surface area contributed by atoms with Gasteiger partial charge in [0.25, 0.3) is 0 Å². The van der Waals surface area contributed by atoms with E-state index >= 15 is 0 Å². The second-order valence-corrected chi connectivity index (χ2v) is 11.9. The molecule has 0 heterocycles. The number of aliphatic carboxylic acids is 2. The average Bonchev–Trinajstić information content (AvgIpc) is 3.05. The van der Waals surface area contributed by atoms with E-state index in [1.807, 2.05) is 5.32 Å². The molecule has 0 spiro atoms. The molecule has 16 N–H and O–H groups in total. The summed E-state index contributed by atoms with van der Waals surface area (Å²) in [7, 11) is 0. The maximum Gasteiger partial charge on any atom is 0.328 e. The number of nitrogens with one attached hydrogen (secondary N) is 5. The number of carbonyl (C=O) groups excluding carboxylic acids is 8. The van der Waals surface area contributed by atoms with E-state index in [9.17, 15) is 63.3 Å². The lowest BCUT2D eigenvalue weighted by Gasteiger charge is -2.27. The number of amides is 8. The van der Waals surface area contributed by atoms with E-state index in [1.165, 1.54) is 0 Å². The minimum atomic E-state index is -1.87. The van der Waals surface area contributed by atoms with Crippen molar-refractivity contribution in [1.82, 2.24) is 26.6 Å². The summed E-state index contributed by atoms with van der Waals surface area (Å²) in [5.41, 5.74) is 21.8. The van der Waals surface area contributed by atoms with Gasteiger partial charge in [0, 0.05) is 19.3 Å². The van der Waals surface area contributed by atoms with E-state index in [2.05, 4.69) is 21.3 Å². The molecule has 0 aliphatic heterocycles. The quantitative estimate of drug-likeness (QED) is 0.0469. The molecule has 0 fully saturated rings. The largest absolute Gasteiger partial charge is 0.481 e. The zero-order valence-electron chi connectivity index (χ0n) is 28.6. The number of aliphatic hydroxyl groups excluding tert-OH is 1. The number of primary amides is 3. The lowest BCUT2D eigenvalue weighted by molar-refractivity contribution is -0.145. The van der Waals surface area contributed by atoms with Crippen molar-refractivity contribution in [1.29, 1.82) is 0 Å². The van der Waals surface area contributed by atoms with Gasteiger partial charge in [0.1, 0.15) is 24.2 Å². The molecule has 0 saturated carbocycles. The van der Waals surface area contributed by atoms with E-state index in [-0.39, 0.29) is 6.42 Å². The van der Waals surface area contributed by atoms with Crippen molar-refractivity contribution < 1.29 is 63.3 Å². The molecule has 7 atom stereocenters. The highest BCUT2D eigenvalue weighted by Gasteiger charge is 2.34. The third kappa shape index (κ3) is 17.1. The van der Waals surface area contributed by atoms with E-state index in [0.717, 1.165) is 6.92 Å². The highest BCUT2D eigenvalue weighted by molar-refractivity contribution is 5.98. The number of carboxylic acids is 2. The van der Waals surface area contributed by atoms with Crippen LogP contribution in [0.25, 0.3) is 0 Å². The van der Waals surface area contributed by atoms with Gasteiger partial charge in [0.15, 0.2) is 6.04 Å². The van der Waals surface area contributed by atoms with Crippen molar-refractivity contribution in [2.45, 2.75) is 94.2 Å². The Bertz CT molecular complexity index is 1520. The van der Waals surface area contributed by atoms with E-state index in [1.54, 1.807) is 30.3 Å². The summed E-state index contributed by atoms with van der Waals surface area (Å²) < 4.78 is 0. The van der Waals surface area contributed by atoms with Crippen LogP contribution in [-0.2, 0) is 54.4 Å². The summed E-state index contributed by atoms with van der Waals surface area (Å²) in [5, 5.41) is 39.3. The summed E-state index contributed by atoms with van der Waals surface area (Å²) >= 11 is 0. The highest BCUT2D eigenvalue weighted by Crippen LogP contribution is 2.08. The molecule has 0 radical (unpaired) electrons. The lowest BCUT2D eigenvalue weighted by Crippen LogP contribution is -2.60. The summed E-state index contributed by atoms with van der Waals surface area (Å²) in [6.45, 7) is 1.05. The van der Waals surface area contributed by atoms with Crippen LogP contribution >= 0.6 is 0 Å². The monoisotopic (exact) mass is 751 g/mol. The zero-order chi connectivity index (χ0) is 40.4. The Morgan fingerprint density at radius 2 is 1.06 bits per heavy atom. The molecule has 0 aliphatic carbocycles. The maximum absolute atomic E-state index is 13.6. The van der Waals surface area contributed by atoms with E-state index in [4.69, 9.17) is 22.9 Å². The van der Waals surface area contributed by atoms with Crippen LogP contribution in [0.5, 0.6) is 0 Å². The van der Waals surface area contributed by atoms with Gasteiger partial charge in [-0.25, -0.2) is 4.79 Å². The van der Waals surface area contributed by atoms with Crippen LogP contribution in [-0.4, -0.2) is 117 Å². The zero-order valence-corrected chi connectivity index (χ0v) is 28.6. The molecule has 292 valence electrons. The van der Waals surface area contributed by atoms with Gasteiger partial charge in [-0.1, -0.05) is 30.3 Å². The normalized spacial score (nSPS) is 14.7. The number of rotatable bonds is 24. The first-order valence-corrected chi connectivity index (χ1v) is 16.0. The third-order valence-corrected chi connectivity index (χ3v) is 7.35. The molecule has 0 aliphatic rings. The lowest BCUT2D eigenvalue weighted by atomic mass is 10.0. The Hall–Kier alpha value is -6.16. The fourth-order valence-corrected chi connectivity index (χ4v) is 4.61. The molecule has 0 bridgehead atoms. The standard InChI is InChI=1S/C31H45N9O13/c1-14(41)25(31(52)53)40-30(51)20(13-23(35)44)39-28(49)17(7-9-21(33)42)36-27(48)18(8-10-24(45)46)37-29(50)19(11-15-5-3-2-4-6-15)38-26(47)16(32)12-22(34)43/h2-6,14,16-20,25,41H,7-13,32H2,1H3,(H2,33,42)(H2,34,43)(H2,35,44)(H,36,48)(H,37,50)(H,38,47)(H,39,49)(H,40,51)(H,45,46)(H,52,53)/t14-,16+,17+,18+,19+,20+,25+/m1/s1.